The molecule has 0 aliphatic carbocycles. The molecule has 30 heavy (non-hydrogen) atoms. The lowest BCUT2D eigenvalue weighted by Crippen LogP contribution is -2.45. The predicted octanol–water partition coefficient (Wildman–Crippen LogP) is 1.13. The van der Waals surface area contributed by atoms with Gasteiger partial charge < -0.3 is 30.7 Å². The highest BCUT2D eigenvalue weighted by molar-refractivity contribution is 5.89. The molecule has 2 aliphatic heterocycles. The lowest BCUT2D eigenvalue weighted by molar-refractivity contribution is 0.0984. The van der Waals surface area contributed by atoms with Crippen LogP contribution in [0.2, 0.25) is 0 Å². The molecule has 0 spiro atoms. The van der Waals surface area contributed by atoms with Gasteiger partial charge in [-0.05, 0) is 31.2 Å². The largest absolute Gasteiger partial charge is 0.395 e. The molecule has 9 nitrogen and oxygen atoms in total. The molecule has 2 aliphatic rings. The molecule has 0 unspecified atom stereocenters. The maximum atomic E-state index is 11.8. The Morgan fingerprint density at radius 1 is 1.33 bits per heavy atom. The van der Waals surface area contributed by atoms with Crippen molar-refractivity contribution < 1.29 is 14.6 Å². The fourth-order valence-corrected chi connectivity index (χ4v) is 3.78. The van der Waals surface area contributed by atoms with Gasteiger partial charge in [0.15, 0.2) is 5.82 Å². The van der Waals surface area contributed by atoms with E-state index in [0.29, 0.717) is 24.7 Å². The van der Waals surface area contributed by atoms with Gasteiger partial charge in [-0.2, -0.15) is 0 Å². The number of amides is 2. The fourth-order valence-electron chi connectivity index (χ4n) is 3.78. The molecule has 160 valence electrons. The minimum absolute atomic E-state index is 0.0956. The third-order valence-corrected chi connectivity index (χ3v) is 5.35. The Hall–Kier alpha value is -2.75. The van der Waals surface area contributed by atoms with E-state index in [1.54, 1.807) is 0 Å². The molecule has 4 N–H and O–H groups in total. The molecule has 0 radical (unpaired) electrons. The molecule has 1 aromatic heterocycles. The number of rotatable bonds is 5. The van der Waals surface area contributed by atoms with Crippen molar-refractivity contribution in [3.05, 3.63) is 35.5 Å². The maximum absolute atomic E-state index is 11.8. The van der Waals surface area contributed by atoms with Crippen molar-refractivity contribution in [2.45, 2.75) is 25.9 Å². The number of benzene rings is 1. The van der Waals surface area contributed by atoms with E-state index in [1.165, 1.54) is 5.56 Å². The molecule has 1 fully saturated rings. The molecule has 2 aromatic rings. The molecular weight excluding hydrogens is 384 g/mol. The normalized spacial score (nSPS) is 18.6. The minimum Gasteiger partial charge on any atom is -0.395 e. The lowest BCUT2D eigenvalue weighted by atomic mass is 10.1. The van der Waals surface area contributed by atoms with Crippen molar-refractivity contribution >= 4 is 17.5 Å². The number of hydrogen-bond donors (Lipinski definition) is 4. The van der Waals surface area contributed by atoms with Crippen molar-refractivity contribution in [2.24, 2.45) is 0 Å². The number of carbonyl (C=O) groups excluding carboxylic acids is 1. The Balaban J connectivity index is 1.61. The van der Waals surface area contributed by atoms with E-state index >= 15 is 0 Å². The summed E-state index contributed by atoms with van der Waals surface area (Å²) in [5.74, 6) is 1.68. The van der Waals surface area contributed by atoms with Crippen LogP contribution in [0.1, 0.15) is 18.2 Å². The first kappa shape index (κ1) is 20.5. The molecule has 0 saturated carbocycles. The standard InChI is InChI=1S/C21H28N6O3/c1-14-13-30-11-9-27(14)20-17-12-22-7-6-18(17)25-19(26-20)15-2-4-16(5-3-15)24-21(29)23-8-10-28/h2-5,14,22,28H,6-13H2,1H3,(H2,23,24,29)/t14-/m0/s1. The second-order valence-corrected chi connectivity index (χ2v) is 7.52. The summed E-state index contributed by atoms with van der Waals surface area (Å²) in [6, 6.07) is 7.40. The number of carbonyl (C=O) groups is 1. The van der Waals surface area contributed by atoms with Gasteiger partial charge in [-0.25, -0.2) is 14.8 Å². The fraction of sp³-hybridized carbons (Fsp3) is 0.476. The number of anilines is 2. The van der Waals surface area contributed by atoms with Gasteiger partial charge in [-0.3, -0.25) is 0 Å². The molecule has 2 amide bonds. The van der Waals surface area contributed by atoms with Crippen LogP contribution < -0.4 is 20.9 Å². The van der Waals surface area contributed by atoms with Crippen LogP contribution in [0, 0.1) is 0 Å². The summed E-state index contributed by atoms with van der Waals surface area (Å²) < 4.78 is 5.61. The number of nitrogens with zero attached hydrogens (tertiary/aromatic N) is 3. The van der Waals surface area contributed by atoms with Crippen LogP contribution in [0.25, 0.3) is 11.4 Å². The summed E-state index contributed by atoms with van der Waals surface area (Å²) in [6.07, 6.45) is 0.876. The number of nitrogens with one attached hydrogen (secondary N) is 3. The smallest absolute Gasteiger partial charge is 0.319 e. The van der Waals surface area contributed by atoms with E-state index in [1.807, 2.05) is 24.3 Å². The van der Waals surface area contributed by atoms with Crippen LogP contribution in [0.3, 0.4) is 0 Å². The number of aliphatic hydroxyl groups is 1. The first-order valence-electron chi connectivity index (χ1n) is 10.4. The highest BCUT2D eigenvalue weighted by Gasteiger charge is 2.27. The van der Waals surface area contributed by atoms with Crippen LogP contribution >= 0.6 is 0 Å². The number of ether oxygens (including phenoxy) is 1. The number of hydrogen-bond acceptors (Lipinski definition) is 7. The molecule has 1 saturated heterocycles. The van der Waals surface area contributed by atoms with Gasteiger partial charge in [-0.1, -0.05) is 0 Å². The molecule has 0 bridgehead atoms. The SMILES string of the molecule is C[C@H]1COCCN1c1nc(-c2ccc(NC(=O)NCCO)cc2)nc2c1CNCC2. The zero-order chi connectivity index (χ0) is 20.9. The zero-order valence-corrected chi connectivity index (χ0v) is 17.1. The van der Waals surface area contributed by atoms with Gasteiger partial charge in [0, 0.05) is 49.4 Å². The molecular formula is C21H28N6O3. The van der Waals surface area contributed by atoms with E-state index < -0.39 is 0 Å². The lowest BCUT2D eigenvalue weighted by Gasteiger charge is -2.36. The average molecular weight is 412 g/mol. The summed E-state index contributed by atoms with van der Waals surface area (Å²) in [4.78, 5) is 23.9. The number of morpholine rings is 1. The average Bonchev–Trinajstić information content (AvgIpc) is 2.78. The summed E-state index contributed by atoms with van der Waals surface area (Å²) in [5, 5.41) is 17.5. The van der Waals surface area contributed by atoms with Crippen molar-refractivity contribution in [3.63, 3.8) is 0 Å². The Morgan fingerprint density at radius 2 is 2.17 bits per heavy atom. The third kappa shape index (κ3) is 4.53. The van der Waals surface area contributed by atoms with E-state index in [-0.39, 0.29) is 25.2 Å². The third-order valence-electron chi connectivity index (χ3n) is 5.35. The summed E-state index contributed by atoms with van der Waals surface area (Å²) in [6.45, 7) is 6.17. The monoisotopic (exact) mass is 412 g/mol. The van der Waals surface area contributed by atoms with Gasteiger partial charge >= 0.3 is 6.03 Å². The number of aliphatic hydroxyl groups excluding tert-OH is 1. The summed E-state index contributed by atoms with van der Waals surface area (Å²) in [7, 11) is 0. The topological polar surface area (TPSA) is 112 Å². The van der Waals surface area contributed by atoms with Crippen molar-refractivity contribution in [1.82, 2.24) is 20.6 Å². The maximum Gasteiger partial charge on any atom is 0.319 e. The molecule has 3 heterocycles. The molecule has 1 aromatic carbocycles. The Bertz CT molecular complexity index is 889. The van der Waals surface area contributed by atoms with Gasteiger partial charge in [0.2, 0.25) is 0 Å². The molecule has 4 rings (SSSR count). The predicted molar refractivity (Wildman–Crippen MR) is 115 cm³/mol. The number of fused-ring (bicyclic) bond motifs is 1. The number of aromatic nitrogens is 2. The quantitative estimate of drug-likeness (QED) is 0.582. The summed E-state index contributed by atoms with van der Waals surface area (Å²) in [5.41, 5.74) is 3.84. The van der Waals surface area contributed by atoms with Crippen LogP contribution in [0.5, 0.6) is 0 Å². The van der Waals surface area contributed by atoms with E-state index in [0.717, 1.165) is 43.1 Å². The zero-order valence-electron chi connectivity index (χ0n) is 17.1. The van der Waals surface area contributed by atoms with Crippen LogP contribution in [0.15, 0.2) is 24.3 Å². The van der Waals surface area contributed by atoms with Crippen LogP contribution in [-0.4, -0.2) is 66.6 Å². The van der Waals surface area contributed by atoms with Gasteiger partial charge in [0.1, 0.15) is 5.82 Å². The van der Waals surface area contributed by atoms with Crippen molar-refractivity contribution in [2.75, 3.05) is 49.7 Å². The van der Waals surface area contributed by atoms with E-state index in [4.69, 9.17) is 19.8 Å². The van der Waals surface area contributed by atoms with Crippen LogP contribution in [0.4, 0.5) is 16.3 Å². The minimum atomic E-state index is -0.349. The van der Waals surface area contributed by atoms with Gasteiger partial charge in [0.25, 0.3) is 0 Å². The first-order valence-corrected chi connectivity index (χ1v) is 10.4. The van der Waals surface area contributed by atoms with Crippen molar-refractivity contribution in [1.29, 1.82) is 0 Å². The van der Waals surface area contributed by atoms with Gasteiger partial charge in [-0.15, -0.1) is 0 Å². The Morgan fingerprint density at radius 3 is 2.93 bits per heavy atom. The van der Waals surface area contributed by atoms with Crippen molar-refractivity contribution in [3.8, 4) is 11.4 Å². The highest BCUT2D eigenvalue weighted by Crippen LogP contribution is 2.29. The Kier molecular flexibility index (Phi) is 6.41. The second kappa shape index (κ2) is 9.38. The van der Waals surface area contributed by atoms with Gasteiger partial charge in [0.05, 0.1) is 31.6 Å². The molecule has 9 heteroatoms. The summed E-state index contributed by atoms with van der Waals surface area (Å²) >= 11 is 0. The van der Waals surface area contributed by atoms with Crippen LogP contribution in [-0.2, 0) is 17.7 Å². The first-order chi connectivity index (χ1) is 14.7. The second-order valence-electron chi connectivity index (χ2n) is 7.52. The Labute approximate surface area is 175 Å². The molecule has 1 atom stereocenters. The van der Waals surface area contributed by atoms with E-state index in [2.05, 4.69) is 27.8 Å². The highest BCUT2D eigenvalue weighted by atomic mass is 16.5. The number of urea groups is 1. The van der Waals surface area contributed by atoms with E-state index in [9.17, 15) is 4.79 Å².